The van der Waals surface area contributed by atoms with Crippen molar-refractivity contribution in [2.45, 2.75) is 32.8 Å². The zero-order valence-electron chi connectivity index (χ0n) is 11.1. The molecule has 0 aliphatic carbocycles. The molecule has 0 saturated carbocycles. The van der Waals surface area contributed by atoms with Crippen LogP contribution < -0.4 is 0 Å². The molecule has 98 valence electrons. The van der Waals surface area contributed by atoms with Gasteiger partial charge in [-0.2, -0.15) is 0 Å². The van der Waals surface area contributed by atoms with Crippen LogP contribution in [-0.4, -0.2) is 24.3 Å². The van der Waals surface area contributed by atoms with Crippen LogP contribution in [0.4, 0.5) is 0 Å². The Kier molecular flexibility index (Phi) is 4.48. The minimum absolute atomic E-state index is 0.000814. The second-order valence-corrected chi connectivity index (χ2v) is 4.16. The van der Waals surface area contributed by atoms with Crippen molar-refractivity contribution in [1.29, 1.82) is 0 Å². The molecule has 18 heavy (non-hydrogen) atoms. The highest BCUT2D eigenvalue weighted by molar-refractivity contribution is 6.24. The average molecular weight is 250 g/mol. The van der Waals surface area contributed by atoms with E-state index in [-0.39, 0.29) is 23.1 Å². The average Bonchev–Trinajstić information content (AvgIpc) is 2.58. The Labute approximate surface area is 107 Å². The van der Waals surface area contributed by atoms with Gasteiger partial charge in [0, 0.05) is 0 Å². The summed E-state index contributed by atoms with van der Waals surface area (Å²) >= 11 is 0. The van der Waals surface area contributed by atoms with Gasteiger partial charge in [0.15, 0.2) is 11.4 Å². The van der Waals surface area contributed by atoms with Gasteiger partial charge < -0.3 is 9.47 Å². The third-order valence-corrected chi connectivity index (χ3v) is 2.62. The molecule has 0 N–H and O–H groups in total. The van der Waals surface area contributed by atoms with Crippen LogP contribution in [-0.2, 0) is 19.1 Å². The van der Waals surface area contributed by atoms with Crippen molar-refractivity contribution in [3.63, 3.8) is 0 Å². The van der Waals surface area contributed by atoms with Crippen LogP contribution in [0.5, 0.6) is 0 Å². The highest BCUT2D eigenvalue weighted by atomic mass is 16.7. The van der Waals surface area contributed by atoms with Crippen LogP contribution in [0.1, 0.15) is 27.2 Å². The van der Waals surface area contributed by atoms with Crippen LogP contribution in [0.15, 0.2) is 35.8 Å². The van der Waals surface area contributed by atoms with Gasteiger partial charge in [0.05, 0.1) is 7.11 Å². The number of Topliss-reactive ketones (excluding diaryl/α,β-unsaturated/α-hetero) is 2. The normalized spacial score (nSPS) is 24.1. The summed E-state index contributed by atoms with van der Waals surface area (Å²) in [6, 6.07) is 0. The van der Waals surface area contributed by atoms with Gasteiger partial charge in [-0.3, -0.25) is 9.59 Å². The number of hydrogen-bond donors (Lipinski definition) is 0. The van der Waals surface area contributed by atoms with E-state index in [1.807, 2.05) is 19.1 Å². The molecule has 0 amide bonds. The maximum Gasteiger partial charge on any atom is 0.295 e. The number of carbonyl (C=O) groups excluding carboxylic acids is 2. The first-order chi connectivity index (χ1) is 8.46. The Balaban J connectivity index is 2.97. The molecule has 1 unspecified atom stereocenters. The highest BCUT2D eigenvalue weighted by Crippen LogP contribution is 2.32. The Morgan fingerprint density at radius 2 is 2.11 bits per heavy atom. The number of ketones is 2. The Morgan fingerprint density at radius 1 is 1.44 bits per heavy atom. The molecule has 4 heteroatoms. The first kappa shape index (κ1) is 14.2. The SMILES string of the molecule is CCC=CC=CC1(C)OC(OC)=C(C(C)=O)C1=O. The fourth-order valence-corrected chi connectivity index (χ4v) is 1.64. The van der Waals surface area contributed by atoms with E-state index in [4.69, 9.17) is 9.47 Å². The summed E-state index contributed by atoms with van der Waals surface area (Å²) in [6.07, 6.45) is 8.06. The van der Waals surface area contributed by atoms with Crippen molar-refractivity contribution in [3.8, 4) is 0 Å². The van der Waals surface area contributed by atoms with Gasteiger partial charge in [-0.25, -0.2) is 0 Å². The van der Waals surface area contributed by atoms with E-state index >= 15 is 0 Å². The van der Waals surface area contributed by atoms with E-state index in [1.54, 1.807) is 19.1 Å². The zero-order chi connectivity index (χ0) is 13.8. The third-order valence-electron chi connectivity index (χ3n) is 2.62. The second-order valence-electron chi connectivity index (χ2n) is 4.16. The number of ether oxygens (including phenoxy) is 2. The topological polar surface area (TPSA) is 52.6 Å². The molecule has 1 rings (SSSR count). The number of allylic oxidation sites excluding steroid dienone is 3. The van der Waals surface area contributed by atoms with E-state index in [0.717, 1.165) is 6.42 Å². The van der Waals surface area contributed by atoms with Crippen LogP contribution in [0, 0.1) is 0 Å². The Morgan fingerprint density at radius 3 is 2.56 bits per heavy atom. The Hall–Kier alpha value is -1.84. The maximum absolute atomic E-state index is 12.1. The Bertz CT molecular complexity index is 443. The smallest absolute Gasteiger partial charge is 0.295 e. The van der Waals surface area contributed by atoms with E-state index in [1.165, 1.54) is 14.0 Å². The molecule has 0 saturated heterocycles. The fraction of sp³-hybridized carbons (Fsp3) is 0.429. The highest BCUT2D eigenvalue weighted by Gasteiger charge is 2.46. The molecule has 1 heterocycles. The van der Waals surface area contributed by atoms with E-state index < -0.39 is 5.60 Å². The summed E-state index contributed by atoms with van der Waals surface area (Å²) in [6.45, 7) is 4.95. The van der Waals surface area contributed by atoms with Crippen molar-refractivity contribution >= 4 is 11.6 Å². The van der Waals surface area contributed by atoms with Gasteiger partial charge in [0.2, 0.25) is 5.78 Å². The predicted molar refractivity (Wildman–Crippen MR) is 67.8 cm³/mol. The molecule has 0 radical (unpaired) electrons. The quantitative estimate of drug-likeness (QED) is 0.555. The lowest BCUT2D eigenvalue weighted by molar-refractivity contribution is -0.128. The number of methoxy groups -OCH3 is 1. The van der Waals surface area contributed by atoms with Crippen molar-refractivity contribution in [2.24, 2.45) is 0 Å². The van der Waals surface area contributed by atoms with Crippen molar-refractivity contribution < 1.29 is 19.1 Å². The predicted octanol–water partition coefficient (Wildman–Crippen LogP) is 2.31. The number of rotatable bonds is 5. The molecule has 0 fully saturated rings. The first-order valence-electron chi connectivity index (χ1n) is 5.83. The minimum Gasteiger partial charge on any atom is -0.468 e. The molecule has 1 aliphatic heterocycles. The third kappa shape index (κ3) is 2.70. The van der Waals surface area contributed by atoms with Crippen molar-refractivity contribution in [1.82, 2.24) is 0 Å². The van der Waals surface area contributed by atoms with Gasteiger partial charge in [-0.05, 0) is 26.3 Å². The van der Waals surface area contributed by atoms with Gasteiger partial charge in [0.1, 0.15) is 5.57 Å². The molecule has 0 spiro atoms. The summed E-state index contributed by atoms with van der Waals surface area (Å²) < 4.78 is 10.4. The molecular formula is C14H18O4. The molecular weight excluding hydrogens is 232 g/mol. The van der Waals surface area contributed by atoms with Gasteiger partial charge >= 0.3 is 0 Å². The number of hydrogen-bond acceptors (Lipinski definition) is 4. The van der Waals surface area contributed by atoms with Gasteiger partial charge in [-0.15, -0.1) is 0 Å². The zero-order valence-corrected chi connectivity index (χ0v) is 11.1. The van der Waals surface area contributed by atoms with E-state index in [9.17, 15) is 9.59 Å². The maximum atomic E-state index is 12.1. The summed E-state index contributed by atoms with van der Waals surface area (Å²) in [4.78, 5) is 23.6. The van der Waals surface area contributed by atoms with Crippen LogP contribution >= 0.6 is 0 Å². The monoisotopic (exact) mass is 250 g/mol. The number of carbonyl (C=O) groups is 2. The molecule has 0 aromatic carbocycles. The molecule has 1 aliphatic rings. The van der Waals surface area contributed by atoms with Gasteiger partial charge in [0.25, 0.3) is 5.95 Å². The summed E-state index contributed by atoms with van der Waals surface area (Å²) in [5, 5.41) is 0. The minimum atomic E-state index is -1.16. The van der Waals surface area contributed by atoms with E-state index in [2.05, 4.69) is 0 Å². The molecule has 0 aromatic rings. The van der Waals surface area contributed by atoms with Crippen LogP contribution in [0.2, 0.25) is 0 Å². The van der Waals surface area contributed by atoms with Crippen molar-refractivity contribution in [3.05, 3.63) is 35.8 Å². The summed E-state index contributed by atoms with van der Waals surface area (Å²) in [5.41, 5.74) is -1.17. The second kappa shape index (κ2) is 5.67. The summed E-state index contributed by atoms with van der Waals surface area (Å²) in [7, 11) is 1.37. The molecule has 0 aromatic heterocycles. The van der Waals surface area contributed by atoms with E-state index in [0.29, 0.717) is 0 Å². The lowest BCUT2D eigenvalue weighted by atomic mass is 9.95. The van der Waals surface area contributed by atoms with Crippen LogP contribution in [0.25, 0.3) is 0 Å². The summed E-state index contributed by atoms with van der Waals surface area (Å²) in [5.74, 6) is -0.717. The first-order valence-corrected chi connectivity index (χ1v) is 5.83. The fourth-order valence-electron chi connectivity index (χ4n) is 1.64. The lowest BCUT2D eigenvalue weighted by Gasteiger charge is -2.18. The largest absolute Gasteiger partial charge is 0.468 e. The standard InChI is InChI=1S/C14H18O4/c1-5-6-7-8-9-14(3)12(16)11(10(2)15)13(17-4)18-14/h6-9H,5H2,1-4H3. The van der Waals surface area contributed by atoms with Crippen LogP contribution in [0.3, 0.4) is 0 Å². The van der Waals surface area contributed by atoms with Crippen molar-refractivity contribution in [2.75, 3.05) is 7.11 Å². The molecule has 1 atom stereocenters. The lowest BCUT2D eigenvalue weighted by Crippen LogP contribution is -2.32. The molecule has 0 bridgehead atoms. The molecule has 4 nitrogen and oxygen atoms in total. The van der Waals surface area contributed by atoms with Gasteiger partial charge in [-0.1, -0.05) is 25.2 Å².